The van der Waals surface area contributed by atoms with Crippen molar-refractivity contribution in [3.8, 4) is 11.8 Å². The molecule has 6 heteroatoms. The molecule has 0 spiro atoms. The van der Waals surface area contributed by atoms with Gasteiger partial charge in [0.1, 0.15) is 17.4 Å². The molecule has 2 aromatic rings. The van der Waals surface area contributed by atoms with Crippen LogP contribution in [0.2, 0.25) is 5.02 Å². The fourth-order valence-electron chi connectivity index (χ4n) is 1.77. The van der Waals surface area contributed by atoms with Gasteiger partial charge in [-0.15, -0.1) is 0 Å². The fraction of sp³-hybridized carbons (Fsp3) is 0.0588. The summed E-state index contributed by atoms with van der Waals surface area (Å²) >= 11 is 5.79. The molecular weight excluding hydrogens is 314 g/mol. The third-order valence-corrected chi connectivity index (χ3v) is 3.26. The molecule has 3 N–H and O–H groups in total. The number of rotatable bonds is 5. The third-order valence-electron chi connectivity index (χ3n) is 3.01. The number of anilines is 1. The molecule has 116 valence electrons. The van der Waals surface area contributed by atoms with Gasteiger partial charge in [0.05, 0.1) is 5.69 Å². The van der Waals surface area contributed by atoms with E-state index in [1.807, 2.05) is 6.07 Å². The first-order valence-corrected chi connectivity index (χ1v) is 7.15. The van der Waals surface area contributed by atoms with Gasteiger partial charge in [-0.1, -0.05) is 35.9 Å². The number of nitrogens with zero attached hydrogens (tertiary/aromatic N) is 1. The minimum Gasteiger partial charge on any atom is -0.506 e. The maximum Gasteiger partial charge on any atom is 0.263 e. The van der Waals surface area contributed by atoms with Gasteiger partial charge in [-0.25, -0.2) is 0 Å². The third kappa shape index (κ3) is 4.77. The minimum atomic E-state index is -0.509. The fourth-order valence-corrected chi connectivity index (χ4v) is 1.90. The lowest BCUT2D eigenvalue weighted by molar-refractivity contribution is -0.117. The van der Waals surface area contributed by atoms with E-state index in [0.29, 0.717) is 10.7 Å². The van der Waals surface area contributed by atoms with E-state index >= 15 is 0 Å². The Balaban J connectivity index is 1.98. The molecule has 0 aromatic heterocycles. The summed E-state index contributed by atoms with van der Waals surface area (Å²) in [6.45, 7) is 0.283. The van der Waals surface area contributed by atoms with Gasteiger partial charge in [-0.05, 0) is 29.8 Å². The quantitative estimate of drug-likeness (QED) is 0.447. The molecular formula is C17H14ClN3O2. The smallest absolute Gasteiger partial charge is 0.263 e. The van der Waals surface area contributed by atoms with Gasteiger partial charge >= 0.3 is 0 Å². The number of para-hydroxylation sites is 2. The Hall–Kier alpha value is -2.97. The maximum atomic E-state index is 12.0. The topological polar surface area (TPSA) is 85.2 Å². The molecule has 0 radical (unpaired) electrons. The van der Waals surface area contributed by atoms with Gasteiger partial charge in [0.15, 0.2) is 0 Å². The molecule has 0 aliphatic carbocycles. The Bertz CT molecular complexity index is 764. The number of nitrogens with one attached hydrogen (secondary N) is 2. The van der Waals surface area contributed by atoms with Crippen LogP contribution in [0.15, 0.2) is 60.3 Å². The number of hydrogen-bond donors (Lipinski definition) is 3. The molecule has 0 aliphatic rings. The molecule has 23 heavy (non-hydrogen) atoms. The second kappa shape index (κ2) is 7.87. The second-order valence-electron chi connectivity index (χ2n) is 4.64. The number of phenolic OH excluding ortho intramolecular Hbond substituents is 1. The maximum absolute atomic E-state index is 12.0. The molecule has 0 heterocycles. The van der Waals surface area contributed by atoms with Crippen LogP contribution in [0.5, 0.6) is 5.75 Å². The number of nitriles is 1. The Kier molecular flexibility index (Phi) is 5.61. The van der Waals surface area contributed by atoms with E-state index in [9.17, 15) is 9.90 Å². The van der Waals surface area contributed by atoms with Crippen LogP contribution in [0, 0.1) is 11.3 Å². The number of carbonyl (C=O) groups is 1. The van der Waals surface area contributed by atoms with Gasteiger partial charge in [0, 0.05) is 17.8 Å². The van der Waals surface area contributed by atoms with Crippen LogP contribution in [-0.4, -0.2) is 11.0 Å². The van der Waals surface area contributed by atoms with Crippen molar-refractivity contribution in [1.82, 2.24) is 5.32 Å². The summed E-state index contributed by atoms with van der Waals surface area (Å²) in [5, 5.41) is 24.7. The summed E-state index contributed by atoms with van der Waals surface area (Å²) in [7, 11) is 0. The molecule has 0 fully saturated rings. The van der Waals surface area contributed by atoms with Gasteiger partial charge < -0.3 is 15.7 Å². The van der Waals surface area contributed by atoms with Crippen LogP contribution in [0.4, 0.5) is 5.69 Å². The van der Waals surface area contributed by atoms with Crippen LogP contribution < -0.4 is 10.6 Å². The average Bonchev–Trinajstić information content (AvgIpc) is 2.56. The van der Waals surface area contributed by atoms with Gasteiger partial charge in [-0.2, -0.15) is 5.26 Å². The molecule has 0 saturated heterocycles. The van der Waals surface area contributed by atoms with E-state index in [2.05, 4.69) is 10.6 Å². The van der Waals surface area contributed by atoms with Gasteiger partial charge in [-0.3, -0.25) is 4.79 Å². The number of phenols is 1. The Labute approximate surface area is 138 Å². The van der Waals surface area contributed by atoms with Crippen molar-refractivity contribution < 1.29 is 9.90 Å². The highest BCUT2D eigenvalue weighted by molar-refractivity contribution is 6.30. The predicted molar refractivity (Wildman–Crippen MR) is 88.7 cm³/mol. The first-order chi connectivity index (χ1) is 11.1. The number of carbonyl (C=O) groups excluding carboxylic acids is 1. The van der Waals surface area contributed by atoms with E-state index in [4.69, 9.17) is 16.9 Å². The number of aromatic hydroxyl groups is 1. The zero-order valence-electron chi connectivity index (χ0n) is 12.1. The van der Waals surface area contributed by atoms with Crippen LogP contribution in [0.3, 0.4) is 0 Å². The van der Waals surface area contributed by atoms with Gasteiger partial charge in [0.25, 0.3) is 5.91 Å². The van der Waals surface area contributed by atoms with Crippen molar-refractivity contribution >= 4 is 23.2 Å². The number of hydrogen-bond acceptors (Lipinski definition) is 4. The molecule has 2 rings (SSSR count). The zero-order chi connectivity index (χ0) is 16.7. The molecule has 1 amide bonds. The van der Waals surface area contributed by atoms with Crippen LogP contribution in [0.25, 0.3) is 0 Å². The zero-order valence-corrected chi connectivity index (χ0v) is 12.8. The SMILES string of the molecule is N#C/C(=C/Nc1ccccc1O)C(=O)NCc1ccc(Cl)cc1. The molecule has 0 bridgehead atoms. The van der Waals surface area contributed by atoms with Crippen molar-refractivity contribution in [2.24, 2.45) is 0 Å². The van der Waals surface area contributed by atoms with Crippen LogP contribution in [-0.2, 0) is 11.3 Å². The summed E-state index contributed by atoms with van der Waals surface area (Å²) in [4.78, 5) is 12.0. The van der Waals surface area contributed by atoms with E-state index in [0.717, 1.165) is 5.56 Å². The molecule has 0 atom stereocenters. The molecule has 0 saturated carbocycles. The second-order valence-corrected chi connectivity index (χ2v) is 5.08. The lowest BCUT2D eigenvalue weighted by Gasteiger charge is -2.06. The summed E-state index contributed by atoms with van der Waals surface area (Å²) in [6.07, 6.45) is 1.26. The van der Waals surface area contributed by atoms with Crippen molar-refractivity contribution in [1.29, 1.82) is 5.26 Å². The normalized spacial score (nSPS) is 10.7. The molecule has 0 aliphatic heterocycles. The monoisotopic (exact) mass is 327 g/mol. The van der Waals surface area contributed by atoms with Crippen molar-refractivity contribution in [3.05, 3.63) is 70.9 Å². The van der Waals surface area contributed by atoms with Crippen LogP contribution >= 0.6 is 11.6 Å². The Morgan fingerprint density at radius 1 is 1.22 bits per heavy atom. The van der Waals surface area contributed by atoms with E-state index < -0.39 is 5.91 Å². The summed E-state index contributed by atoms with van der Waals surface area (Å²) in [5.41, 5.74) is 1.18. The van der Waals surface area contributed by atoms with Crippen molar-refractivity contribution in [2.45, 2.75) is 6.54 Å². The standard InChI is InChI=1S/C17H14ClN3O2/c18-14-7-5-12(6-8-14)10-21-17(23)13(9-19)11-20-15-3-1-2-4-16(15)22/h1-8,11,20,22H,10H2,(H,21,23)/b13-11-. The van der Waals surface area contributed by atoms with E-state index in [-0.39, 0.29) is 17.9 Å². The highest BCUT2D eigenvalue weighted by atomic mass is 35.5. The molecule has 5 nitrogen and oxygen atoms in total. The van der Waals surface area contributed by atoms with Gasteiger partial charge in [0.2, 0.25) is 0 Å². The largest absolute Gasteiger partial charge is 0.506 e. The minimum absolute atomic E-state index is 0.0302. The van der Waals surface area contributed by atoms with Crippen molar-refractivity contribution in [2.75, 3.05) is 5.32 Å². The highest BCUT2D eigenvalue weighted by Crippen LogP contribution is 2.21. The first-order valence-electron chi connectivity index (χ1n) is 6.77. The average molecular weight is 328 g/mol. The lowest BCUT2D eigenvalue weighted by atomic mass is 10.2. The highest BCUT2D eigenvalue weighted by Gasteiger charge is 2.09. The summed E-state index contributed by atoms with van der Waals surface area (Å²) in [6, 6.07) is 15.4. The van der Waals surface area contributed by atoms with E-state index in [1.165, 1.54) is 12.3 Å². The summed E-state index contributed by atoms with van der Waals surface area (Å²) < 4.78 is 0. The molecule has 0 unspecified atom stereocenters. The lowest BCUT2D eigenvalue weighted by Crippen LogP contribution is -2.24. The van der Waals surface area contributed by atoms with E-state index in [1.54, 1.807) is 42.5 Å². The first kappa shape index (κ1) is 16.4. The number of amides is 1. The summed E-state index contributed by atoms with van der Waals surface area (Å²) in [5.74, 6) is -0.479. The van der Waals surface area contributed by atoms with Crippen LogP contribution in [0.1, 0.15) is 5.56 Å². The number of halogens is 1. The Morgan fingerprint density at radius 3 is 2.57 bits per heavy atom. The molecule has 2 aromatic carbocycles. The predicted octanol–water partition coefficient (Wildman–Crippen LogP) is 3.18. The Morgan fingerprint density at radius 2 is 1.91 bits per heavy atom. The number of benzene rings is 2. The van der Waals surface area contributed by atoms with Crippen molar-refractivity contribution in [3.63, 3.8) is 0 Å².